The average Bonchev–Trinajstić information content (AvgIpc) is 2.73. The molecular formula is C25H23Cl2N3O2. The number of nitrogens with one attached hydrogen (secondary N) is 2. The number of aryl methyl sites for hydroxylation is 1. The van der Waals surface area contributed by atoms with Crippen molar-refractivity contribution >= 4 is 34.9 Å². The summed E-state index contributed by atoms with van der Waals surface area (Å²) in [6, 6.07) is 19.0. The smallest absolute Gasteiger partial charge is 0.258 e. The van der Waals surface area contributed by atoms with Crippen LogP contribution in [0.3, 0.4) is 0 Å². The zero-order valence-electron chi connectivity index (χ0n) is 17.6. The van der Waals surface area contributed by atoms with Crippen LogP contribution in [0.2, 0.25) is 10.0 Å². The van der Waals surface area contributed by atoms with E-state index in [0.29, 0.717) is 15.8 Å². The van der Waals surface area contributed by atoms with E-state index >= 15 is 0 Å². The summed E-state index contributed by atoms with van der Waals surface area (Å²) in [5, 5.41) is 8.11. The number of carbonyl (C=O) groups is 1. The summed E-state index contributed by atoms with van der Waals surface area (Å²) in [6.07, 6.45) is 2.66. The minimum absolute atomic E-state index is 0.00601. The number of pyridine rings is 1. The van der Waals surface area contributed by atoms with Gasteiger partial charge in [0.25, 0.3) is 5.91 Å². The van der Waals surface area contributed by atoms with Gasteiger partial charge in [0.2, 0.25) is 0 Å². The van der Waals surface area contributed by atoms with Crippen molar-refractivity contribution < 1.29 is 9.53 Å². The quantitative estimate of drug-likeness (QED) is 0.471. The van der Waals surface area contributed by atoms with Crippen molar-refractivity contribution in [1.82, 2.24) is 10.3 Å². The molecule has 2 bridgehead atoms. The summed E-state index contributed by atoms with van der Waals surface area (Å²) in [7, 11) is 0. The number of hydrogen-bond acceptors (Lipinski definition) is 4. The van der Waals surface area contributed by atoms with Gasteiger partial charge in [-0.25, -0.2) is 4.98 Å². The van der Waals surface area contributed by atoms with Crippen LogP contribution in [0.25, 0.3) is 11.3 Å². The number of halogens is 2. The molecule has 0 unspecified atom stereocenters. The average molecular weight is 468 g/mol. The number of benzene rings is 2. The monoisotopic (exact) mass is 467 g/mol. The van der Waals surface area contributed by atoms with Gasteiger partial charge in [0.05, 0.1) is 5.69 Å². The Morgan fingerprint density at radius 3 is 2.50 bits per heavy atom. The van der Waals surface area contributed by atoms with Gasteiger partial charge in [-0.1, -0.05) is 41.4 Å². The molecule has 1 amide bonds. The maximum absolute atomic E-state index is 12.4. The van der Waals surface area contributed by atoms with Crippen LogP contribution < -0.4 is 15.4 Å². The minimum atomic E-state index is -0.128. The van der Waals surface area contributed by atoms with E-state index in [2.05, 4.69) is 10.6 Å². The summed E-state index contributed by atoms with van der Waals surface area (Å²) in [4.78, 5) is 17.1. The second-order valence-corrected chi connectivity index (χ2v) is 9.72. The molecule has 3 aliphatic carbocycles. The first-order valence-corrected chi connectivity index (χ1v) is 11.3. The topological polar surface area (TPSA) is 63.2 Å². The van der Waals surface area contributed by atoms with Crippen LogP contribution in [0.1, 0.15) is 24.8 Å². The van der Waals surface area contributed by atoms with Gasteiger partial charge in [0, 0.05) is 26.7 Å². The molecule has 3 saturated carbocycles. The van der Waals surface area contributed by atoms with Crippen LogP contribution in [0.4, 0.5) is 5.82 Å². The summed E-state index contributed by atoms with van der Waals surface area (Å²) in [5.74, 6) is 1.39. The van der Waals surface area contributed by atoms with Crippen LogP contribution >= 0.6 is 23.2 Å². The highest BCUT2D eigenvalue weighted by Crippen LogP contribution is 2.61. The number of ether oxygens (including phenoxy) is 1. The number of amides is 1. The number of anilines is 1. The Kier molecular flexibility index (Phi) is 5.26. The molecule has 1 aromatic heterocycles. The Balaban J connectivity index is 1.13. The molecule has 2 aromatic carbocycles. The van der Waals surface area contributed by atoms with Gasteiger partial charge in [0.15, 0.2) is 6.61 Å². The zero-order valence-corrected chi connectivity index (χ0v) is 19.1. The lowest BCUT2D eigenvalue weighted by molar-refractivity contribution is -0.135. The van der Waals surface area contributed by atoms with Crippen molar-refractivity contribution in [1.29, 1.82) is 0 Å². The molecule has 32 heavy (non-hydrogen) atoms. The first kappa shape index (κ1) is 21.1. The molecule has 2 N–H and O–H groups in total. The molecule has 7 heteroatoms. The molecule has 164 valence electrons. The second-order valence-electron chi connectivity index (χ2n) is 8.88. The number of carbonyl (C=O) groups excluding carboxylic acids is 1. The number of aromatic nitrogens is 1. The van der Waals surface area contributed by atoms with Crippen LogP contribution in [-0.2, 0) is 4.79 Å². The van der Waals surface area contributed by atoms with E-state index in [1.807, 2.05) is 55.5 Å². The van der Waals surface area contributed by atoms with Crippen molar-refractivity contribution in [3.05, 3.63) is 76.3 Å². The maximum Gasteiger partial charge on any atom is 0.258 e. The van der Waals surface area contributed by atoms with E-state index in [1.165, 1.54) is 0 Å². The van der Waals surface area contributed by atoms with E-state index in [1.54, 1.807) is 12.1 Å². The zero-order chi connectivity index (χ0) is 22.3. The van der Waals surface area contributed by atoms with E-state index in [-0.39, 0.29) is 23.6 Å². The highest BCUT2D eigenvalue weighted by molar-refractivity contribution is 6.31. The lowest BCUT2D eigenvalue weighted by Gasteiger charge is -2.70. The SMILES string of the molecule is Cc1cc(OCC(=O)NC23CC(Nc4cccc(-c5ccc(Cl)cc5)n4)(C2)C3)ccc1Cl. The molecule has 3 aromatic rings. The molecule has 0 saturated heterocycles. The molecule has 5 nitrogen and oxygen atoms in total. The Morgan fingerprint density at radius 2 is 1.78 bits per heavy atom. The van der Waals surface area contributed by atoms with Gasteiger partial charge in [-0.15, -0.1) is 0 Å². The number of rotatable bonds is 7. The van der Waals surface area contributed by atoms with Gasteiger partial charge in [-0.2, -0.15) is 0 Å². The van der Waals surface area contributed by atoms with E-state index in [0.717, 1.165) is 41.9 Å². The third-order valence-electron chi connectivity index (χ3n) is 6.22. The lowest BCUT2D eigenvalue weighted by Crippen LogP contribution is -2.81. The maximum atomic E-state index is 12.4. The first-order chi connectivity index (χ1) is 15.3. The summed E-state index contributed by atoms with van der Waals surface area (Å²) in [5.41, 5.74) is 2.72. The molecule has 1 heterocycles. The fourth-order valence-corrected chi connectivity index (χ4v) is 5.04. The van der Waals surface area contributed by atoms with Gasteiger partial charge < -0.3 is 15.4 Å². The third-order valence-corrected chi connectivity index (χ3v) is 6.89. The van der Waals surface area contributed by atoms with Crippen LogP contribution in [-0.4, -0.2) is 28.6 Å². The molecular weight excluding hydrogens is 445 g/mol. The first-order valence-electron chi connectivity index (χ1n) is 10.6. The predicted octanol–water partition coefficient (Wildman–Crippen LogP) is 5.65. The predicted molar refractivity (Wildman–Crippen MR) is 127 cm³/mol. The molecule has 0 radical (unpaired) electrons. The van der Waals surface area contributed by atoms with Gasteiger partial charge in [-0.3, -0.25) is 4.79 Å². The summed E-state index contributed by atoms with van der Waals surface area (Å²) >= 11 is 12.0. The third kappa shape index (κ3) is 4.15. The van der Waals surface area contributed by atoms with Crippen molar-refractivity contribution in [3.8, 4) is 17.0 Å². The standard InChI is InChI=1S/C25H23Cl2N3O2/c1-16-11-19(9-10-20(16)27)32-12-23(31)30-25-13-24(14-25,15-25)29-22-4-2-3-21(28-22)17-5-7-18(26)8-6-17/h2-11H,12-15H2,1H3,(H,28,29)(H,30,31). The number of nitrogens with zero attached hydrogens (tertiary/aromatic N) is 1. The molecule has 0 atom stereocenters. The summed E-state index contributed by atoms with van der Waals surface area (Å²) in [6.45, 7) is 1.90. The largest absolute Gasteiger partial charge is 0.484 e. The van der Waals surface area contributed by atoms with Crippen molar-refractivity contribution in [2.75, 3.05) is 11.9 Å². The van der Waals surface area contributed by atoms with Gasteiger partial charge in [-0.05, 0) is 74.2 Å². The molecule has 3 aliphatic rings. The van der Waals surface area contributed by atoms with E-state index in [4.69, 9.17) is 32.9 Å². The highest BCUT2D eigenvalue weighted by Gasteiger charge is 2.68. The van der Waals surface area contributed by atoms with Crippen molar-refractivity contribution in [2.45, 2.75) is 37.3 Å². The van der Waals surface area contributed by atoms with Crippen LogP contribution in [0.5, 0.6) is 5.75 Å². The Labute approximate surface area is 197 Å². The molecule has 0 aliphatic heterocycles. The molecule has 0 spiro atoms. The van der Waals surface area contributed by atoms with Gasteiger partial charge in [0.1, 0.15) is 11.6 Å². The number of hydrogen-bond donors (Lipinski definition) is 2. The Hall–Kier alpha value is -2.76. The lowest BCUT2D eigenvalue weighted by atomic mass is 9.44. The fourth-order valence-electron chi connectivity index (χ4n) is 4.80. The van der Waals surface area contributed by atoms with E-state index in [9.17, 15) is 4.79 Å². The normalized spacial score (nSPS) is 23.0. The van der Waals surface area contributed by atoms with Crippen molar-refractivity contribution in [3.63, 3.8) is 0 Å². The van der Waals surface area contributed by atoms with Gasteiger partial charge >= 0.3 is 0 Å². The van der Waals surface area contributed by atoms with E-state index < -0.39 is 0 Å². The fraction of sp³-hybridized carbons (Fsp3) is 0.280. The van der Waals surface area contributed by atoms with Crippen molar-refractivity contribution in [2.24, 2.45) is 0 Å². The highest BCUT2D eigenvalue weighted by atomic mass is 35.5. The molecule has 6 rings (SSSR count). The second kappa shape index (κ2) is 7.98. The van der Waals surface area contributed by atoms with Crippen LogP contribution in [0.15, 0.2) is 60.7 Å². The minimum Gasteiger partial charge on any atom is -0.484 e. The Morgan fingerprint density at radius 1 is 1.03 bits per heavy atom. The molecule has 3 fully saturated rings. The van der Waals surface area contributed by atoms with Crippen LogP contribution in [0, 0.1) is 6.92 Å². The summed E-state index contributed by atoms with van der Waals surface area (Å²) < 4.78 is 5.61. The Bertz CT molecular complexity index is 1160.